The van der Waals surface area contributed by atoms with Gasteiger partial charge >= 0.3 is 11.9 Å². The number of carbonyl (C=O) groups is 2. The Balaban J connectivity index is 1.73. The highest BCUT2D eigenvalue weighted by Gasteiger charge is 2.21. The van der Waals surface area contributed by atoms with Crippen molar-refractivity contribution in [2.45, 2.75) is 12.6 Å². The van der Waals surface area contributed by atoms with Gasteiger partial charge in [0.2, 0.25) is 0 Å². The zero-order chi connectivity index (χ0) is 20.8. The van der Waals surface area contributed by atoms with Crippen molar-refractivity contribution >= 4 is 23.5 Å². The van der Waals surface area contributed by atoms with E-state index in [-0.39, 0.29) is 18.9 Å². The van der Waals surface area contributed by atoms with Crippen molar-refractivity contribution in [2.24, 2.45) is 0 Å². The van der Waals surface area contributed by atoms with Gasteiger partial charge in [-0.25, -0.2) is 9.80 Å². The Morgan fingerprint density at radius 3 is 2.55 bits per heavy atom. The summed E-state index contributed by atoms with van der Waals surface area (Å²) in [5.74, 6) is -2.30. The molecule has 0 radical (unpaired) electrons. The van der Waals surface area contributed by atoms with Crippen molar-refractivity contribution in [3.05, 3.63) is 64.9 Å². The van der Waals surface area contributed by atoms with Gasteiger partial charge in [-0.15, -0.1) is 10.2 Å². The summed E-state index contributed by atoms with van der Waals surface area (Å²) in [6.07, 6.45) is -1.69. The molecule has 0 saturated heterocycles. The maximum absolute atomic E-state index is 12.1. The monoisotopic (exact) mass is 416 g/mol. The summed E-state index contributed by atoms with van der Waals surface area (Å²) < 4.78 is 0. The molecular weight excluding hydrogens is 400 g/mol. The number of nitrogens with zero attached hydrogens (tertiary/aromatic N) is 4. The number of carbonyl (C=O) groups excluding carboxylic acids is 1. The summed E-state index contributed by atoms with van der Waals surface area (Å²) in [6, 6.07) is 14.8. The third kappa shape index (κ3) is 5.57. The van der Waals surface area contributed by atoms with Crippen LogP contribution in [0.2, 0.25) is 5.02 Å². The van der Waals surface area contributed by atoms with Crippen molar-refractivity contribution in [3.8, 4) is 11.1 Å². The van der Waals surface area contributed by atoms with E-state index in [9.17, 15) is 14.7 Å². The molecule has 10 nitrogen and oxygen atoms in total. The molecule has 0 aliphatic heterocycles. The minimum atomic E-state index is -1.69. The van der Waals surface area contributed by atoms with Gasteiger partial charge in [-0.3, -0.25) is 10.2 Å². The molecule has 3 rings (SSSR count). The summed E-state index contributed by atoms with van der Waals surface area (Å²) in [4.78, 5) is 23.1. The topological polar surface area (TPSA) is 144 Å². The molecule has 1 amide bonds. The summed E-state index contributed by atoms with van der Waals surface area (Å²) in [5.41, 5.74) is 5.16. The minimum Gasteiger partial charge on any atom is -0.479 e. The average Bonchev–Trinajstić information content (AvgIpc) is 3.23. The molecule has 0 bridgehead atoms. The predicted molar refractivity (Wildman–Crippen MR) is 103 cm³/mol. The molecule has 1 heterocycles. The summed E-state index contributed by atoms with van der Waals surface area (Å²) in [5, 5.41) is 33.1. The van der Waals surface area contributed by atoms with E-state index in [4.69, 9.17) is 16.7 Å². The fourth-order valence-corrected chi connectivity index (χ4v) is 2.77. The Kier molecular flexibility index (Phi) is 6.50. The number of rotatable bonds is 8. The lowest BCUT2D eigenvalue weighted by atomic mass is 10.0. The fourth-order valence-electron chi connectivity index (χ4n) is 2.58. The normalized spacial score (nSPS) is 12.0. The van der Waals surface area contributed by atoms with E-state index in [2.05, 4.69) is 26.0 Å². The molecule has 1 aromatic heterocycles. The first-order valence-corrected chi connectivity index (χ1v) is 8.85. The highest BCUT2D eigenvalue weighted by atomic mass is 35.5. The van der Waals surface area contributed by atoms with E-state index < -0.39 is 18.0 Å². The lowest BCUT2D eigenvalue weighted by Gasteiger charge is -2.24. The van der Waals surface area contributed by atoms with Crippen LogP contribution in [0.25, 0.3) is 11.1 Å². The largest absolute Gasteiger partial charge is 0.479 e. The number of aliphatic hydroxyl groups excluding tert-OH is 1. The highest BCUT2D eigenvalue weighted by molar-refractivity contribution is 6.30. The van der Waals surface area contributed by atoms with Crippen LogP contribution in [-0.2, 0) is 11.3 Å². The van der Waals surface area contributed by atoms with E-state index >= 15 is 0 Å². The number of hydrogen-bond acceptors (Lipinski definition) is 7. The number of aromatic amines is 1. The molecule has 4 N–H and O–H groups in total. The van der Waals surface area contributed by atoms with Crippen molar-refractivity contribution < 1.29 is 19.8 Å². The van der Waals surface area contributed by atoms with Gasteiger partial charge < -0.3 is 10.2 Å². The molecule has 1 unspecified atom stereocenters. The summed E-state index contributed by atoms with van der Waals surface area (Å²) >= 11 is 6.02. The van der Waals surface area contributed by atoms with Crippen LogP contribution in [0.4, 0.5) is 0 Å². The number of benzene rings is 2. The number of halogens is 1. The number of amides is 1. The molecule has 3 aromatic rings. The number of carboxylic acid groups (broad SMARTS) is 1. The number of tetrazole rings is 1. The molecule has 0 saturated carbocycles. The lowest BCUT2D eigenvalue weighted by Crippen LogP contribution is -2.47. The number of nitrogens with one attached hydrogen (secondary N) is 2. The van der Waals surface area contributed by atoms with E-state index in [0.717, 1.165) is 16.7 Å². The van der Waals surface area contributed by atoms with E-state index in [1.165, 1.54) is 5.01 Å². The Morgan fingerprint density at radius 2 is 1.93 bits per heavy atom. The quantitative estimate of drug-likeness (QED) is 0.400. The number of hydrogen-bond donors (Lipinski definition) is 4. The second-order valence-corrected chi connectivity index (χ2v) is 6.55. The van der Waals surface area contributed by atoms with Crippen LogP contribution in [0.1, 0.15) is 16.2 Å². The first-order valence-electron chi connectivity index (χ1n) is 8.47. The van der Waals surface area contributed by atoms with Crippen LogP contribution in [0.5, 0.6) is 0 Å². The maximum Gasteiger partial charge on any atom is 0.333 e. The Hall–Kier alpha value is -3.34. The fraction of sp³-hybridized carbons (Fsp3) is 0.167. The minimum absolute atomic E-state index is 0.143. The van der Waals surface area contributed by atoms with Crippen molar-refractivity contribution in [1.29, 1.82) is 0 Å². The Morgan fingerprint density at radius 1 is 1.17 bits per heavy atom. The molecule has 29 heavy (non-hydrogen) atoms. The van der Waals surface area contributed by atoms with E-state index in [0.29, 0.717) is 5.02 Å². The number of hydrazine groups is 1. The Bertz CT molecular complexity index is 980. The van der Waals surface area contributed by atoms with Crippen LogP contribution >= 0.6 is 11.6 Å². The van der Waals surface area contributed by atoms with Crippen LogP contribution in [0, 0.1) is 0 Å². The Labute approximate surface area is 170 Å². The van der Waals surface area contributed by atoms with Crippen molar-refractivity contribution in [1.82, 2.24) is 31.1 Å². The maximum atomic E-state index is 12.1. The van der Waals surface area contributed by atoms with Crippen molar-refractivity contribution in [2.75, 3.05) is 6.54 Å². The third-order valence-electron chi connectivity index (χ3n) is 3.97. The molecule has 0 aliphatic rings. The summed E-state index contributed by atoms with van der Waals surface area (Å²) in [7, 11) is 0. The first kappa shape index (κ1) is 20.4. The van der Waals surface area contributed by atoms with Gasteiger partial charge in [0.25, 0.3) is 5.82 Å². The molecule has 0 aliphatic carbocycles. The smallest absolute Gasteiger partial charge is 0.333 e. The molecule has 11 heteroatoms. The van der Waals surface area contributed by atoms with Gasteiger partial charge in [-0.2, -0.15) is 5.21 Å². The first-order chi connectivity index (χ1) is 13.9. The number of aliphatic hydroxyl groups is 1. The second kappa shape index (κ2) is 9.24. The predicted octanol–water partition coefficient (Wildman–Crippen LogP) is 1.11. The zero-order valence-corrected chi connectivity index (χ0v) is 15.7. The number of carboxylic acids is 1. The molecular formula is C18H17ClN6O4. The summed E-state index contributed by atoms with van der Waals surface area (Å²) in [6.45, 7) is -0.196. The molecule has 1 atom stereocenters. The van der Waals surface area contributed by atoms with Crippen LogP contribution < -0.4 is 5.43 Å². The van der Waals surface area contributed by atoms with E-state index in [1.807, 2.05) is 42.5 Å². The number of H-pyrrole nitrogens is 1. The van der Waals surface area contributed by atoms with Gasteiger partial charge in [0.15, 0.2) is 6.10 Å². The van der Waals surface area contributed by atoms with Crippen molar-refractivity contribution in [3.63, 3.8) is 0 Å². The van der Waals surface area contributed by atoms with Crippen LogP contribution in [-0.4, -0.2) is 60.4 Å². The highest BCUT2D eigenvalue weighted by Crippen LogP contribution is 2.23. The van der Waals surface area contributed by atoms with Gasteiger partial charge in [0, 0.05) is 11.6 Å². The number of aromatic nitrogens is 4. The van der Waals surface area contributed by atoms with Gasteiger partial charge in [0.05, 0.1) is 6.54 Å². The molecule has 150 valence electrons. The van der Waals surface area contributed by atoms with Crippen LogP contribution in [0.15, 0.2) is 48.5 Å². The molecule has 2 aromatic carbocycles. The second-order valence-electron chi connectivity index (χ2n) is 6.12. The third-order valence-corrected chi connectivity index (χ3v) is 4.21. The SMILES string of the molecule is O=C(NN(Cc1ccc(-c2cccc(Cl)c2)cc1)CC(O)C(=O)O)c1nn[nH]n1. The van der Waals surface area contributed by atoms with Crippen LogP contribution in [0.3, 0.4) is 0 Å². The zero-order valence-electron chi connectivity index (χ0n) is 15.0. The lowest BCUT2D eigenvalue weighted by molar-refractivity contribution is -0.148. The average molecular weight is 417 g/mol. The number of aliphatic carboxylic acids is 1. The van der Waals surface area contributed by atoms with Gasteiger partial charge in [-0.05, 0) is 34.0 Å². The van der Waals surface area contributed by atoms with Gasteiger partial charge in [-0.1, -0.05) is 48.0 Å². The van der Waals surface area contributed by atoms with E-state index in [1.54, 1.807) is 6.07 Å². The molecule has 0 spiro atoms. The molecule has 0 fully saturated rings. The standard InChI is InChI=1S/C18H17ClN6O4/c19-14-3-1-2-13(8-14)12-6-4-11(5-7-12)9-25(10-15(26)18(28)29)22-17(27)16-20-23-24-21-16/h1-8,15,26H,9-10H2,(H,22,27)(H,28,29)(H,20,21,23,24). The van der Waals surface area contributed by atoms with Gasteiger partial charge in [0.1, 0.15) is 0 Å².